The highest BCUT2D eigenvalue weighted by Gasteiger charge is 2.15. The van der Waals surface area contributed by atoms with Crippen molar-refractivity contribution < 1.29 is 19.6 Å². The molecule has 0 radical (unpaired) electrons. The van der Waals surface area contributed by atoms with Gasteiger partial charge in [0.2, 0.25) is 0 Å². The van der Waals surface area contributed by atoms with Gasteiger partial charge >= 0.3 is 11.7 Å². The highest BCUT2D eigenvalue weighted by atomic mass is 16.6. The Balaban J connectivity index is 2.58. The molecule has 1 rings (SSSR count). The Morgan fingerprint density at radius 1 is 1.52 bits per heavy atom. The number of aliphatic carboxylic acids is 1. The summed E-state index contributed by atoms with van der Waals surface area (Å²) in [5.41, 5.74) is 0.647. The molecule has 0 saturated heterocycles. The molecule has 0 aliphatic rings. The SMILES string of the molecule is CCOc1cc(NCCCC(C)C(=O)O)ccc1[N+](=O)[O-]. The first-order chi connectivity index (χ1) is 9.95. The second kappa shape index (κ2) is 8.08. The Kier molecular flexibility index (Phi) is 6.45. The number of carboxylic acid groups (broad SMARTS) is 1. The Morgan fingerprint density at radius 2 is 2.24 bits per heavy atom. The van der Waals surface area contributed by atoms with Gasteiger partial charge in [0.25, 0.3) is 0 Å². The summed E-state index contributed by atoms with van der Waals surface area (Å²) in [6, 6.07) is 4.59. The van der Waals surface area contributed by atoms with Gasteiger partial charge in [0, 0.05) is 24.4 Å². The van der Waals surface area contributed by atoms with Crippen LogP contribution in [0.2, 0.25) is 0 Å². The van der Waals surface area contributed by atoms with E-state index in [0.717, 1.165) is 0 Å². The summed E-state index contributed by atoms with van der Waals surface area (Å²) >= 11 is 0. The first-order valence-corrected chi connectivity index (χ1v) is 6.83. The van der Waals surface area contributed by atoms with E-state index >= 15 is 0 Å². The second-order valence-electron chi connectivity index (χ2n) is 4.68. The molecule has 1 unspecified atom stereocenters. The molecule has 1 atom stereocenters. The molecule has 0 aromatic heterocycles. The predicted molar refractivity (Wildman–Crippen MR) is 78.8 cm³/mol. The predicted octanol–water partition coefficient (Wildman–Crippen LogP) is 2.91. The minimum absolute atomic E-state index is 0.0677. The number of carbonyl (C=O) groups is 1. The summed E-state index contributed by atoms with van der Waals surface area (Å²) in [5, 5.41) is 22.7. The van der Waals surface area contributed by atoms with E-state index in [-0.39, 0.29) is 17.4 Å². The van der Waals surface area contributed by atoms with Crippen LogP contribution in [0.1, 0.15) is 26.7 Å². The summed E-state index contributed by atoms with van der Waals surface area (Å²) in [4.78, 5) is 21.1. The molecule has 0 saturated carbocycles. The third-order valence-corrected chi connectivity index (χ3v) is 3.02. The molecule has 0 heterocycles. The van der Waals surface area contributed by atoms with Gasteiger partial charge in [0.15, 0.2) is 5.75 Å². The van der Waals surface area contributed by atoms with Crippen LogP contribution in [0, 0.1) is 16.0 Å². The first kappa shape index (κ1) is 16.7. The molecule has 7 nitrogen and oxygen atoms in total. The number of nitrogens with one attached hydrogen (secondary N) is 1. The average Bonchev–Trinajstić information content (AvgIpc) is 2.43. The lowest BCUT2D eigenvalue weighted by atomic mass is 10.1. The summed E-state index contributed by atoms with van der Waals surface area (Å²) in [7, 11) is 0. The zero-order valence-corrected chi connectivity index (χ0v) is 12.2. The molecule has 0 spiro atoms. The Bertz CT molecular complexity index is 504. The number of hydrogen-bond donors (Lipinski definition) is 2. The standard InChI is InChI=1S/C14H20N2O5/c1-3-21-13-9-11(6-7-12(13)16(19)20)15-8-4-5-10(2)14(17)18/h6-7,9-10,15H,3-5,8H2,1-2H3,(H,17,18). The first-order valence-electron chi connectivity index (χ1n) is 6.83. The second-order valence-corrected chi connectivity index (χ2v) is 4.68. The number of nitrogens with zero attached hydrogens (tertiary/aromatic N) is 1. The monoisotopic (exact) mass is 296 g/mol. The molecule has 0 fully saturated rings. The zero-order valence-electron chi connectivity index (χ0n) is 12.2. The minimum Gasteiger partial charge on any atom is -0.487 e. The molecule has 116 valence electrons. The molecule has 2 N–H and O–H groups in total. The highest BCUT2D eigenvalue weighted by Crippen LogP contribution is 2.30. The van der Waals surface area contributed by atoms with Crippen LogP contribution < -0.4 is 10.1 Å². The van der Waals surface area contributed by atoms with E-state index in [1.165, 1.54) is 6.07 Å². The lowest BCUT2D eigenvalue weighted by Gasteiger charge is -2.10. The van der Waals surface area contributed by atoms with Crippen LogP contribution in [0.5, 0.6) is 5.75 Å². The molecule has 0 aliphatic heterocycles. The van der Waals surface area contributed by atoms with E-state index < -0.39 is 10.9 Å². The summed E-state index contributed by atoms with van der Waals surface area (Å²) in [6.45, 7) is 4.37. The molecular formula is C14H20N2O5. The van der Waals surface area contributed by atoms with Crippen LogP contribution >= 0.6 is 0 Å². The maximum atomic E-state index is 10.9. The summed E-state index contributed by atoms with van der Waals surface area (Å²) in [6.07, 6.45) is 1.28. The smallest absolute Gasteiger partial charge is 0.311 e. The Hall–Kier alpha value is -2.31. The Labute approximate surface area is 123 Å². The molecule has 1 aromatic rings. The van der Waals surface area contributed by atoms with E-state index in [9.17, 15) is 14.9 Å². The van der Waals surface area contributed by atoms with Crippen molar-refractivity contribution in [3.63, 3.8) is 0 Å². The number of carboxylic acids is 1. The fraction of sp³-hybridized carbons (Fsp3) is 0.500. The highest BCUT2D eigenvalue weighted by molar-refractivity contribution is 5.69. The van der Waals surface area contributed by atoms with Crippen molar-refractivity contribution in [1.29, 1.82) is 0 Å². The van der Waals surface area contributed by atoms with Crippen LogP contribution in [0.4, 0.5) is 11.4 Å². The molecule has 0 aliphatic carbocycles. The van der Waals surface area contributed by atoms with Crippen LogP contribution in [0.3, 0.4) is 0 Å². The number of nitro groups is 1. The van der Waals surface area contributed by atoms with E-state index in [1.807, 2.05) is 0 Å². The fourth-order valence-corrected chi connectivity index (χ4v) is 1.81. The van der Waals surface area contributed by atoms with Gasteiger partial charge in [-0.3, -0.25) is 14.9 Å². The largest absolute Gasteiger partial charge is 0.487 e. The van der Waals surface area contributed by atoms with Crippen LogP contribution in [0.25, 0.3) is 0 Å². The van der Waals surface area contributed by atoms with Gasteiger partial charge in [0.05, 0.1) is 17.4 Å². The molecule has 7 heteroatoms. The number of rotatable bonds is 9. The average molecular weight is 296 g/mol. The van der Waals surface area contributed by atoms with Crippen molar-refractivity contribution in [2.45, 2.75) is 26.7 Å². The molecular weight excluding hydrogens is 276 g/mol. The van der Waals surface area contributed by atoms with Crippen molar-refractivity contribution in [3.8, 4) is 5.75 Å². The molecule has 1 aromatic carbocycles. The van der Waals surface area contributed by atoms with Crippen molar-refractivity contribution >= 4 is 17.3 Å². The van der Waals surface area contributed by atoms with E-state index in [4.69, 9.17) is 9.84 Å². The molecule has 0 amide bonds. The van der Waals surface area contributed by atoms with Crippen LogP contribution in [-0.4, -0.2) is 29.2 Å². The van der Waals surface area contributed by atoms with Gasteiger partial charge in [-0.15, -0.1) is 0 Å². The van der Waals surface area contributed by atoms with E-state index in [1.54, 1.807) is 26.0 Å². The van der Waals surface area contributed by atoms with Crippen LogP contribution in [-0.2, 0) is 4.79 Å². The zero-order chi connectivity index (χ0) is 15.8. The lowest BCUT2D eigenvalue weighted by Crippen LogP contribution is -2.11. The maximum Gasteiger partial charge on any atom is 0.311 e. The summed E-state index contributed by atoms with van der Waals surface area (Å²) < 4.78 is 5.26. The third kappa shape index (κ3) is 5.29. The molecule has 0 bridgehead atoms. The lowest BCUT2D eigenvalue weighted by molar-refractivity contribution is -0.385. The number of benzene rings is 1. The maximum absolute atomic E-state index is 10.9. The van der Waals surface area contributed by atoms with Gasteiger partial charge in [0.1, 0.15) is 0 Å². The van der Waals surface area contributed by atoms with Gasteiger partial charge in [-0.25, -0.2) is 0 Å². The topological polar surface area (TPSA) is 102 Å². The van der Waals surface area contributed by atoms with Crippen molar-refractivity contribution in [1.82, 2.24) is 0 Å². The third-order valence-electron chi connectivity index (χ3n) is 3.02. The van der Waals surface area contributed by atoms with E-state index in [0.29, 0.717) is 31.7 Å². The van der Waals surface area contributed by atoms with Gasteiger partial charge in [-0.1, -0.05) is 6.92 Å². The number of hydrogen-bond acceptors (Lipinski definition) is 5. The fourth-order valence-electron chi connectivity index (χ4n) is 1.81. The van der Waals surface area contributed by atoms with Gasteiger partial charge < -0.3 is 15.2 Å². The number of nitro benzene ring substituents is 1. The van der Waals surface area contributed by atoms with E-state index in [2.05, 4.69) is 5.32 Å². The normalized spacial score (nSPS) is 11.7. The summed E-state index contributed by atoms with van der Waals surface area (Å²) in [5.74, 6) is -0.946. The van der Waals surface area contributed by atoms with Gasteiger partial charge in [-0.05, 0) is 25.8 Å². The molecule has 21 heavy (non-hydrogen) atoms. The van der Waals surface area contributed by atoms with Crippen molar-refractivity contribution in [3.05, 3.63) is 28.3 Å². The number of anilines is 1. The minimum atomic E-state index is -0.802. The van der Waals surface area contributed by atoms with Crippen molar-refractivity contribution in [2.24, 2.45) is 5.92 Å². The van der Waals surface area contributed by atoms with Gasteiger partial charge in [-0.2, -0.15) is 0 Å². The van der Waals surface area contributed by atoms with Crippen LogP contribution in [0.15, 0.2) is 18.2 Å². The Morgan fingerprint density at radius 3 is 2.81 bits per heavy atom. The number of ether oxygens (including phenoxy) is 1. The van der Waals surface area contributed by atoms with Crippen molar-refractivity contribution in [2.75, 3.05) is 18.5 Å². The quantitative estimate of drug-likeness (QED) is 0.412.